The standard InChI is InChI=1S/C12H15N3OS/c1-9(2)8-16-6-5-15-11-3-4-13-7-10(11)14-12(15)17/h3-4,7H,1,5-6,8H2,2H3,(H,14,17). The Bertz CT molecular complexity index is 585. The minimum atomic E-state index is 0.594. The van der Waals surface area contributed by atoms with Gasteiger partial charge in [0.05, 0.1) is 30.4 Å². The number of hydrogen-bond acceptors (Lipinski definition) is 3. The number of pyridine rings is 1. The van der Waals surface area contributed by atoms with Crippen LogP contribution in [0, 0.1) is 4.77 Å². The lowest BCUT2D eigenvalue weighted by Crippen LogP contribution is -2.07. The highest BCUT2D eigenvalue weighted by molar-refractivity contribution is 7.71. The first-order valence-electron chi connectivity index (χ1n) is 5.43. The number of fused-ring (bicyclic) bond motifs is 1. The van der Waals surface area contributed by atoms with E-state index in [0.29, 0.717) is 18.0 Å². The lowest BCUT2D eigenvalue weighted by atomic mass is 10.4. The molecule has 0 saturated carbocycles. The summed E-state index contributed by atoms with van der Waals surface area (Å²) in [6.07, 6.45) is 3.53. The van der Waals surface area contributed by atoms with E-state index in [9.17, 15) is 0 Å². The van der Waals surface area contributed by atoms with Crippen molar-refractivity contribution in [2.75, 3.05) is 13.2 Å². The summed E-state index contributed by atoms with van der Waals surface area (Å²) < 4.78 is 8.20. The van der Waals surface area contributed by atoms with Gasteiger partial charge in [0, 0.05) is 12.7 Å². The summed E-state index contributed by atoms with van der Waals surface area (Å²) in [6.45, 7) is 7.69. The van der Waals surface area contributed by atoms with E-state index in [1.165, 1.54) is 0 Å². The Morgan fingerprint density at radius 2 is 2.47 bits per heavy atom. The van der Waals surface area contributed by atoms with Crippen molar-refractivity contribution in [1.82, 2.24) is 14.5 Å². The Morgan fingerprint density at radius 1 is 1.65 bits per heavy atom. The number of aromatic nitrogens is 3. The third kappa shape index (κ3) is 2.81. The average Bonchev–Trinajstić information content (AvgIpc) is 2.60. The molecular weight excluding hydrogens is 234 g/mol. The summed E-state index contributed by atoms with van der Waals surface area (Å²) in [7, 11) is 0. The van der Waals surface area contributed by atoms with Crippen LogP contribution in [-0.2, 0) is 11.3 Å². The normalized spacial score (nSPS) is 10.9. The highest BCUT2D eigenvalue weighted by atomic mass is 32.1. The molecule has 2 aromatic rings. The molecule has 2 aromatic heterocycles. The highest BCUT2D eigenvalue weighted by Crippen LogP contribution is 2.11. The van der Waals surface area contributed by atoms with E-state index < -0.39 is 0 Å². The third-order valence-electron chi connectivity index (χ3n) is 2.38. The second-order valence-electron chi connectivity index (χ2n) is 3.98. The molecule has 0 atom stereocenters. The van der Waals surface area contributed by atoms with Crippen molar-refractivity contribution >= 4 is 23.3 Å². The number of rotatable bonds is 5. The molecule has 0 spiro atoms. The molecule has 2 rings (SSSR count). The summed E-state index contributed by atoms with van der Waals surface area (Å²) in [5, 5.41) is 0. The maximum absolute atomic E-state index is 5.48. The Labute approximate surface area is 105 Å². The average molecular weight is 249 g/mol. The van der Waals surface area contributed by atoms with Crippen LogP contribution < -0.4 is 0 Å². The molecule has 0 amide bonds. The van der Waals surface area contributed by atoms with Gasteiger partial charge in [0.2, 0.25) is 0 Å². The molecule has 0 aliphatic heterocycles. The molecule has 0 aliphatic carbocycles. The summed E-state index contributed by atoms with van der Waals surface area (Å²) in [5.74, 6) is 0. The molecule has 0 radical (unpaired) electrons. The highest BCUT2D eigenvalue weighted by Gasteiger charge is 2.03. The molecule has 4 nitrogen and oxygen atoms in total. The van der Waals surface area contributed by atoms with Gasteiger partial charge in [0.15, 0.2) is 4.77 Å². The van der Waals surface area contributed by atoms with Gasteiger partial charge < -0.3 is 14.3 Å². The SMILES string of the molecule is C=C(C)COCCn1c(=S)[nH]c2cnccc21. The zero-order valence-corrected chi connectivity index (χ0v) is 10.6. The Morgan fingerprint density at radius 3 is 3.24 bits per heavy atom. The molecular formula is C12H15N3OS. The molecule has 0 aliphatic rings. The van der Waals surface area contributed by atoms with Crippen LogP contribution in [0.1, 0.15) is 6.92 Å². The Hall–Kier alpha value is -1.46. The van der Waals surface area contributed by atoms with Crippen molar-refractivity contribution in [2.45, 2.75) is 13.5 Å². The zero-order chi connectivity index (χ0) is 12.3. The molecule has 0 aromatic carbocycles. The van der Waals surface area contributed by atoms with E-state index >= 15 is 0 Å². The Kier molecular flexibility index (Phi) is 3.71. The predicted molar refractivity (Wildman–Crippen MR) is 70.6 cm³/mol. The summed E-state index contributed by atoms with van der Waals surface area (Å²) in [5.41, 5.74) is 3.04. The fourth-order valence-corrected chi connectivity index (χ4v) is 1.93. The van der Waals surface area contributed by atoms with Crippen molar-refractivity contribution in [3.05, 3.63) is 35.4 Å². The van der Waals surface area contributed by atoms with Gasteiger partial charge in [0.1, 0.15) is 0 Å². The molecule has 0 unspecified atom stereocenters. The maximum atomic E-state index is 5.48. The van der Waals surface area contributed by atoms with Gasteiger partial charge in [-0.1, -0.05) is 12.2 Å². The van der Waals surface area contributed by atoms with Crippen LogP contribution in [0.2, 0.25) is 0 Å². The lowest BCUT2D eigenvalue weighted by Gasteiger charge is -2.05. The van der Waals surface area contributed by atoms with E-state index in [0.717, 1.165) is 23.2 Å². The van der Waals surface area contributed by atoms with E-state index in [-0.39, 0.29) is 0 Å². The molecule has 0 saturated heterocycles. The van der Waals surface area contributed by atoms with E-state index in [1.54, 1.807) is 12.4 Å². The lowest BCUT2D eigenvalue weighted by molar-refractivity contribution is 0.148. The van der Waals surface area contributed by atoms with E-state index in [2.05, 4.69) is 16.5 Å². The summed E-state index contributed by atoms with van der Waals surface area (Å²) in [6, 6.07) is 1.94. The van der Waals surface area contributed by atoms with Gasteiger partial charge in [-0.25, -0.2) is 0 Å². The first-order chi connectivity index (χ1) is 8.18. The molecule has 2 heterocycles. The molecule has 1 N–H and O–H groups in total. The van der Waals surface area contributed by atoms with Crippen molar-refractivity contribution < 1.29 is 4.74 Å². The topological polar surface area (TPSA) is 42.8 Å². The second-order valence-corrected chi connectivity index (χ2v) is 4.37. The van der Waals surface area contributed by atoms with Crippen LogP contribution in [-0.4, -0.2) is 27.7 Å². The van der Waals surface area contributed by atoms with Crippen molar-refractivity contribution in [3.8, 4) is 0 Å². The van der Waals surface area contributed by atoms with Gasteiger partial charge >= 0.3 is 0 Å². The van der Waals surface area contributed by atoms with Crippen molar-refractivity contribution in [3.63, 3.8) is 0 Å². The number of nitrogens with zero attached hydrogens (tertiary/aromatic N) is 2. The second kappa shape index (κ2) is 5.25. The first kappa shape index (κ1) is 12.0. The van der Waals surface area contributed by atoms with Crippen LogP contribution in [0.3, 0.4) is 0 Å². The molecule has 5 heteroatoms. The number of nitrogens with one attached hydrogen (secondary N) is 1. The molecule has 90 valence electrons. The van der Waals surface area contributed by atoms with Crippen LogP contribution in [0.15, 0.2) is 30.6 Å². The van der Waals surface area contributed by atoms with Gasteiger partial charge in [-0.15, -0.1) is 0 Å². The fourth-order valence-electron chi connectivity index (χ4n) is 1.64. The molecule has 0 fully saturated rings. The first-order valence-corrected chi connectivity index (χ1v) is 5.84. The quantitative estimate of drug-likeness (QED) is 0.503. The van der Waals surface area contributed by atoms with Crippen molar-refractivity contribution in [1.29, 1.82) is 0 Å². The zero-order valence-electron chi connectivity index (χ0n) is 9.77. The van der Waals surface area contributed by atoms with Gasteiger partial charge in [-0.2, -0.15) is 0 Å². The van der Waals surface area contributed by atoms with E-state index in [1.807, 2.05) is 17.6 Å². The van der Waals surface area contributed by atoms with Crippen molar-refractivity contribution in [2.24, 2.45) is 0 Å². The number of H-pyrrole nitrogens is 1. The largest absolute Gasteiger partial charge is 0.375 e. The van der Waals surface area contributed by atoms with Crippen LogP contribution >= 0.6 is 12.2 Å². The van der Waals surface area contributed by atoms with E-state index in [4.69, 9.17) is 17.0 Å². The minimum Gasteiger partial charge on any atom is -0.375 e. The van der Waals surface area contributed by atoms with Gasteiger partial charge in [-0.05, 0) is 25.2 Å². The smallest absolute Gasteiger partial charge is 0.178 e. The van der Waals surface area contributed by atoms with Crippen LogP contribution in [0.25, 0.3) is 11.0 Å². The Balaban J connectivity index is 2.10. The van der Waals surface area contributed by atoms with Crippen LogP contribution in [0.5, 0.6) is 0 Å². The fraction of sp³-hybridized carbons (Fsp3) is 0.333. The number of hydrogen-bond donors (Lipinski definition) is 1. The maximum Gasteiger partial charge on any atom is 0.178 e. The minimum absolute atomic E-state index is 0.594. The number of ether oxygens (including phenoxy) is 1. The number of aromatic amines is 1. The monoisotopic (exact) mass is 249 g/mol. The summed E-state index contributed by atoms with van der Waals surface area (Å²) >= 11 is 5.26. The molecule has 0 bridgehead atoms. The van der Waals surface area contributed by atoms with Gasteiger partial charge in [0.25, 0.3) is 0 Å². The summed E-state index contributed by atoms with van der Waals surface area (Å²) in [4.78, 5) is 7.17. The van der Waals surface area contributed by atoms with Crippen LogP contribution in [0.4, 0.5) is 0 Å². The predicted octanol–water partition coefficient (Wildman–Crippen LogP) is 2.69. The third-order valence-corrected chi connectivity index (χ3v) is 2.71. The van der Waals surface area contributed by atoms with Gasteiger partial charge in [-0.3, -0.25) is 4.98 Å². The number of imidazole rings is 1. The molecule has 17 heavy (non-hydrogen) atoms.